The fraction of sp³-hybridized carbons (Fsp3) is 0.208. The summed E-state index contributed by atoms with van der Waals surface area (Å²) < 4.78 is 87.3. The Balaban J connectivity index is 0.000000144. The largest absolute Gasteiger partial charge is 0.448 e. The van der Waals surface area contributed by atoms with E-state index in [1.54, 1.807) is 12.3 Å². The zero-order chi connectivity index (χ0) is 70.8. The summed E-state index contributed by atoms with van der Waals surface area (Å²) in [7, 11) is -3.05. The highest BCUT2D eigenvalue weighted by Gasteiger charge is 2.32. The Morgan fingerprint density at radius 2 is 0.911 bits per heavy atom. The van der Waals surface area contributed by atoms with Crippen LogP contribution >= 0.6 is 23.2 Å². The van der Waals surface area contributed by atoms with E-state index in [-0.39, 0.29) is 55.2 Å². The van der Waals surface area contributed by atoms with Crippen LogP contribution in [0.5, 0.6) is 0 Å². The summed E-state index contributed by atoms with van der Waals surface area (Å²) in [5.74, 6) is 0.854. The van der Waals surface area contributed by atoms with Gasteiger partial charge in [-0.25, -0.2) is 43.5 Å². The lowest BCUT2D eigenvalue weighted by Gasteiger charge is -2.27. The predicted octanol–water partition coefficient (Wildman–Crippen LogP) is 15.7. The first-order valence-electron chi connectivity index (χ1n) is 32.4. The zero-order valence-corrected chi connectivity index (χ0v) is 58.6. The molecule has 3 atom stereocenters. The van der Waals surface area contributed by atoms with Gasteiger partial charge in [0.25, 0.3) is 20.2 Å². The average Bonchev–Trinajstić information content (AvgIpc) is 0.819. The van der Waals surface area contributed by atoms with Crippen LogP contribution in [0.15, 0.2) is 207 Å². The first-order chi connectivity index (χ1) is 48.6. The van der Waals surface area contributed by atoms with Crippen LogP contribution in [0.1, 0.15) is 79.0 Å². The number of amides is 1. The molecule has 1 amide bonds. The van der Waals surface area contributed by atoms with E-state index in [9.17, 15) is 30.4 Å². The molecular formula is C77H70Cl2F2N10O8S2. The summed E-state index contributed by atoms with van der Waals surface area (Å²) >= 11 is 12.4. The second kappa shape index (κ2) is 31.7. The molecule has 0 bridgehead atoms. The molecule has 3 aromatic heterocycles. The molecule has 2 unspecified atom stereocenters. The zero-order valence-electron chi connectivity index (χ0n) is 55.5. The molecule has 18 nitrogen and oxygen atoms in total. The highest BCUT2D eigenvalue weighted by Crippen LogP contribution is 2.46. The third kappa shape index (κ3) is 18.2. The summed E-state index contributed by atoms with van der Waals surface area (Å²) in [6.45, 7) is 1.14. The average molecular weight is 1440 g/mol. The van der Waals surface area contributed by atoms with Crippen molar-refractivity contribution in [2.45, 2.75) is 49.9 Å². The molecule has 0 saturated carbocycles. The van der Waals surface area contributed by atoms with E-state index in [1.165, 1.54) is 18.2 Å². The SMILES string of the molecule is CN(C)CCOC(=O)Nc1ncc2c(n1)-c1ccccc1[C@H](c1ccc(Cl)c(Cl)c1)C2.CS(=O)(=O)OCCc1ccc(Nc2ncc3c(n2)-c2ccccc2C(c2ccc(F)cc2)C3)cc1.CS(=O)(=O)OCCc1ccc(Nc2ncc3c(n2)-c2ccccc2C(c2ccccc2F)C3)cc1. The van der Waals surface area contributed by atoms with E-state index in [1.807, 2.05) is 177 Å². The van der Waals surface area contributed by atoms with Crippen molar-refractivity contribution in [3.05, 3.63) is 290 Å². The minimum atomic E-state index is -3.44. The number of carbonyl (C=O) groups is 1. The van der Waals surface area contributed by atoms with Crippen LogP contribution in [0.25, 0.3) is 33.8 Å². The van der Waals surface area contributed by atoms with E-state index in [4.69, 9.17) is 46.3 Å². The van der Waals surface area contributed by atoms with Crippen LogP contribution in [-0.4, -0.2) is 111 Å². The lowest BCUT2D eigenvalue weighted by Crippen LogP contribution is -2.23. The highest BCUT2D eigenvalue weighted by molar-refractivity contribution is 7.86. The lowest BCUT2D eigenvalue weighted by molar-refractivity contribution is 0.151. The van der Waals surface area contributed by atoms with Crippen molar-refractivity contribution >= 4 is 78.8 Å². The first-order valence-corrected chi connectivity index (χ1v) is 36.8. The van der Waals surface area contributed by atoms with E-state index in [2.05, 4.69) is 54.1 Å². The van der Waals surface area contributed by atoms with E-state index >= 15 is 0 Å². The van der Waals surface area contributed by atoms with E-state index in [0.717, 1.165) is 126 Å². The number of aromatic nitrogens is 6. The molecule has 0 spiro atoms. The topological polar surface area (TPSA) is 230 Å². The molecule has 11 aromatic rings. The number of likely N-dealkylation sites (N-methyl/N-ethyl adjacent to an activating group) is 1. The molecular weight excluding hydrogens is 1370 g/mol. The van der Waals surface area contributed by atoms with Gasteiger partial charge in [0.05, 0.1) is 52.9 Å². The van der Waals surface area contributed by atoms with Gasteiger partial charge in [-0.3, -0.25) is 13.7 Å². The van der Waals surface area contributed by atoms with E-state index in [0.29, 0.717) is 53.3 Å². The van der Waals surface area contributed by atoms with Gasteiger partial charge in [0.1, 0.15) is 18.2 Å². The summed E-state index contributed by atoms with van der Waals surface area (Å²) in [5.41, 5.74) is 18.4. The number of halogens is 4. The smallest absolute Gasteiger partial charge is 0.414 e. The lowest BCUT2D eigenvalue weighted by atomic mass is 9.78. The van der Waals surface area contributed by atoms with Crippen LogP contribution in [0.2, 0.25) is 10.0 Å². The van der Waals surface area contributed by atoms with Gasteiger partial charge in [-0.05, 0) is 162 Å². The number of anilines is 5. The van der Waals surface area contributed by atoms with Gasteiger partial charge in [-0.15, -0.1) is 0 Å². The number of nitrogens with one attached hydrogen (secondary N) is 3. The van der Waals surface area contributed by atoms with Gasteiger partial charge in [0, 0.05) is 71.0 Å². The van der Waals surface area contributed by atoms with Crippen molar-refractivity contribution in [2.75, 3.05) is 68.9 Å². The normalized spacial score (nSPS) is 14.7. The molecule has 8 aromatic carbocycles. The summed E-state index contributed by atoms with van der Waals surface area (Å²) in [6, 6.07) is 58.8. The number of hydrogen-bond acceptors (Lipinski definition) is 17. The van der Waals surface area contributed by atoms with Gasteiger partial charge in [-0.1, -0.05) is 157 Å². The maximum atomic E-state index is 14.6. The minimum Gasteiger partial charge on any atom is -0.448 e. The fourth-order valence-corrected chi connectivity index (χ4v) is 13.6. The van der Waals surface area contributed by atoms with Crippen molar-refractivity contribution < 1.29 is 43.5 Å². The molecule has 101 heavy (non-hydrogen) atoms. The van der Waals surface area contributed by atoms with Crippen LogP contribution in [0.3, 0.4) is 0 Å². The fourth-order valence-electron chi connectivity index (χ4n) is 12.5. The van der Waals surface area contributed by atoms with Crippen LogP contribution < -0.4 is 16.0 Å². The second-order valence-electron chi connectivity index (χ2n) is 24.7. The number of benzene rings is 8. The maximum absolute atomic E-state index is 14.6. The van der Waals surface area contributed by atoms with Gasteiger partial charge in [0.2, 0.25) is 17.8 Å². The van der Waals surface area contributed by atoms with Gasteiger partial charge in [-0.2, -0.15) is 16.8 Å². The molecule has 3 aliphatic carbocycles. The van der Waals surface area contributed by atoms with Crippen LogP contribution in [-0.2, 0) is 65.4 Å². The van der Waals surface area contributed by atoms with Gasteiger partial charge in [0.15, 0.2) is 0 Å². The number of fused-ring (bicyclic) bond motifs is 9. The first kappa shape index (κ1) is 70.9. The Morgan fingerprint density at radius 1 is 0.495 bits per heavy atom. The van der Waals surface area contributed by atoms with E-state index < -0.39 is 26.3 Å². The summed E-state index contributed by atoms with van der Waals surface area (Å²) in [4.78, 5) is 41.6. The number of nitrogens with zero attached hydrogens (tertiary/aromatic N) is 7. The monoisotopic (exact) mass is 1430 g/mol. The second-order valence-corrected chi connectivity index (χ2v) is 28.8. The Morgan fingerprint density at radius 3 is 1.38 bits per heavy atom. The molecule has 0 saturated heterocycles. The van der Waals surface area contributed by atoms with Crippen molar-refractivity contribution in [3.8, 4) is 33.8 Å². The molecule has 3 aliphatic rings. The summed E-state index contributed by atoms with van der Waals surface area (Å²) in [5, 5.41) is 10.2. The maximum Gasteiger partial charge on any atom is 0.414 e. The Kier molecular flexibility index (Phi) is 22.3. The predicted molar refractivity (Wildman–Crippen MR) is 390 cm³/mol. The third-order valence-corrected chi connectivity index (χ3v) is 19.2. The standard InChI is InChI=1S/2C27H24FN3O3S.C23H22Cl2N4O2/c1-35(32,33)34-15-14-18-10-12-20(13-11-18)30-27-29-17-19-16-24(22-7-4-5-9-25(22)28)21-6-2-3-8-23(21)26(19)31-27;1-35(32,33)34-15-14-18-6-12-22(13-7-18)30-27-29-17-20-16-25(19-8-10-21(28)11-9-19)23-4-2-3-5-24(23)26(20)31-27;1-29(2)9-10-31-23(30)28-22-26-13-15-11-18(14-7-8-19(24)20(25)12-14)16-5-3-4-6-17(16)21(15)27-22/h2-13,17,24H,14-16H2,1H3,(H,29,30,31);2-13,17,25H,14-16H2,1H3,(H,29,30,31);3-8,12-13,18H,9-11H2,1-2H3,(H,26,27,28,30)/t;;18-/m..0/s1. The molecule has 0 aliphatic heterocycles. The Labute approximate surface area is 595 Å². The molecule has 3 N–H and O–H groups in total. The number of carbonyl (C=O) groups excluding carboxylic acids is 1. The minimum absolute atomic E-state index is 0.0958. The number of ether oxygens (including phenoxy) is 1. The molecule has 3 heterocycles. The third-order valence-electron chi connectivity index (χ3n) is 17.3. The van der Waals surface area contributed by atoms with Crippen molar-refractivity contribution in [2.24, 2.45) is 0 Å². The van der Waals surface area contributed by atoms with Crippen molar-refractivity contribution in [1.29, 1.82) is 0 Å². The molecule has 0 radical (unpaired) electrons. The van der Waals surface area contributed by atoms with Crippen molar-refractivity contribution in [3.63, 3.8) is 0 Å². The van der Waals surface area contributed by atoms with Crippen LogP contribution in [0.4, 0.5) is 42.8 Å². The van der Waals surface area contributed by atoms with Gasteiger partial charge >= 0.3 is 6.09 Å². The number of rotatable bonds is 19. The summed E-state index contributed by atoms with van der Waals surface area (Å²) in [6.07, 6.45) is 10.0. The molecule has 14 rings (SSSR count). The Hall–Kier alpha value is -9.91. The van der Waals surface area contributed by atoms with Crippen LogP contribution in [0, 0.1) is 11.6 Å². The quantitative estimate of drug-likeness (QED) is 0.0639. The highest BCUT2D eigenvalue weighted by atomic mass is 35.5. The molecule has 0 fully saturated rings. The number of hydrogen-bond donors (Lipinski definition) is 3. The van der Waals surface area contributed by atoms with Gasteiger partial charge < -0.3 is 20.3 Å². The van der Waals surface area contributed by atoms with Crippen molar-refractivity contribution in [1.82, 2.24) is 34.8 Å². The molecule has 24 heteroatoms. The Bertz CT molecular complexity index is 5050. The molecule has 516 valence electrons.